The van der Waals surface area contributed by atoms with E-state index >= 15 is 0 Å². The standard InChI is InChI=1S/C10H10BrFN4/c1-16-9(10(11)14-15-16)7-4-6(5-13)2-3-8(7)12/h2-4H,5,13H2,1H3. The molecule has 0 fully saturated rings. The molecule has 1 heterocycles. The van der Waals surface area contributed by atoms with E-state index in [4.69, 9.17) is 5.73 Å². The van der Waals surface area contributed by atoms with Gasteiger partial charge in [0.1, 0.15) is 11.5 Å². The molecular weight excluding hydrogens is 275 g/mol. The minimum atomic E-state index is -0.316. The van der Waals surface area contributed by atoms with Gasteiger partial charge in [-0.15, -0.1) is 5.10 Å². The van der Waals surface area contributed by atoms with Crippen molar-refractivity contribution in [2.75, 3.05) is 0 Å². The van der Waals surface area contributed by atoms with Crippen LogP contribution in [-0.2, 0) is 13.6 Å². The first kappa shape index (κ1) is 11.2. The molecule has 0 amide bonds. The second-order valence-electron chi connectivity index (χ2n) is 3.37. The van der Waals surface area contributed by atoms with Gasteiger partial charge in [-0.3, -0.25) is 0 Å². The second-order valence-corrected chi connectivity index (χ2v) is 4.12. The van der Waals surface area contributed by atoms with E-state index in [1.807, 2.05) is 0 Å². The zero-order valence-corrected chi connectivity index (χ0v) is 10.2. The van der Waals surface area contributed by atoms with Gasteiger partial charge in [0.05, 0.1) is 0 Å². The van der Waals surface area contributed by atoms with Crippen molar-refractivity contribution >= 4 is 15.9 Å². The number of hydrogen-bond donors (Lipinski definition) is 1. The zero-order chi connectivity index (χ0) is 11.7. The first-order valence-electron chi connectivity index (χ1n) is 4.67. The SMILES string of the molecule is Cn1nnc(Br)c1-c1cc(CN)ccc1F. The summed E-state index contributed by atoms with van der Waals surface area (Å²) in [6, 6.07) is 4.77. The van der Waals surface area contributed by atoms with Crippen molar-refractivity contribution in [2.24, 2.45) is 12.8 Å². The molecule has 84 valence electrons. The lowest BCUT2D eigenvalue weighted by Crippen LogP contribution is -2.00. The number of nitrogens with zero attached hydrogens (tertiary/aromatic N) is 3. The van der Waals surface area contributed by atoms with Crippen molar-refractivity contribution in [3.8, 4) is 11.3 Å². The predicted octanol–water partition coefficient (Wildman–Crippen LogP) is 1.84. The van der Waals surface area contributed by atoms with Gasteiger partial charge in [-0.25, -0.2) is 9.07 Å². The van der Waals surface area contributed by atoms with Crippen molar-refractivity contribution in [1.29, 1.82) is 0 Å². The Morgan fingerprint density at radius 2 is 2.25 bits per heavy atom. The number of halogens is 2. The van der Waals surface area contributed by atoms with Crippen LogP contribution >= 0.6 is 15.9 Å². The van der Waals surface area contributed by atoms with Crippen LogP contribution in [-0.4, -0.2) is 15.0 Å². The van der Waals surface area contributed by atoms with Crippen LogP contribution in [0.3, 0.4) is 0 Å². The van der Waals surface area contributed by atoms with Crippen molar-refractivity contribution in [3.63, 3.8) is 0 Å². The minimum absolute atomic E-state index is 0.316. The molecule has 0 bridgehead atoms. The van der Waals surface area contributed by atoms with E-state index in [0.29, 0.717) is 22.4 Å². The number of nitrogens with two attached hydrogens (primary N) is 1. The van der Waals surface area contributed by atoms with Crippen molar-refractivity contribution in [3.05, 3.63) is 34.2 Å². The van der Waals surface area contributed by atoms with E-state index in [-0.39, 0.29) is 5.82 Å². The fourth-order valence-corrected chi connectivity index (χ4v) is 2.04. The number of aromatic nitrogens is 3. The van der Waals surface area contributed by atoms with Crippen LogP contribution in [0.2, 0.25) is 0 Å². The first-order chi connectivity index (χ1) is 7.63. The molecule has 1 aromatic heterocycles. The Morgan fingerprint density at radius 1 is 1.50 bits per heavy atom. The molecule has 4 nitrogen and oxygen atoms in total. The number of aryl methyl sites for hydroxylation is 1. The molecule has 0 spiro atoms. The van der Waals surface area contributed by atoms with Gasteiger partial charge in [0, 0.05) is 19.2 Å². The molecule has 0 atom stereocenters. The topological polar surface area (TPSA) is 56.7 Å². The summed E-state index contributed by atoms with van der Waals surface area (Å²) in [6.07, 6.45) is 0. The summed E-state index contributed by atoms with van der Waals surface area (Å²) < 4.78 is 15.7. The Kier molecular flexibility index (Phi) is 3.02. The fraction of sp³-hybridized carbons (Fsp3) is 0.200. The lowest BCUT2D eigenvalue weighted by molar-refractivity contribution is 0.626. The smallest absolute Gasteiger partial charge is 0.156 e. The van der Waals surface area contributed by atoms with Crippen LogP contribution in [0.1, 0.15) is 5.56 Å². The largest absolute Gasteiger partial charge is 0.326 e. The molecule has 2 rings (SSSR count). The summed E-state index contributed by atoms with van der Waals surface area (Å²) in [7, 11) is 1.71. The Balaban J connectivity index is 2.63. The average Bonchev–Trinajstić information content (AvgIpc) is 2.60. The van der Waals surface area contributed by atoms with Crippen LogP contribution in [0.15, 0.2) is 22.8 Å². The lowest BCUT2D eigenvalue weighted by atomic mass is 10.1. The number of hydrogen-bond acceptors (Lipinski definition) is 3. The molecule has 1 aromatic carbocycles. The highest BCUT2D eigenvalue weighted by atomic mass is 79.9. The van der Waals surface area contributed by atoms with Crippen molar-refractivity contribution in [2.45, 2.75) is 6.54 Å². The normalized spacial score (nSPS) is 10.8. The van der Waals surface area contributed by atoms with E-state index in [1.54, 1.807) is 19.2 Å². The summed E-state index contributed by atoms with van der Waals surface area (Å²) in [5, 5.41) is 7.63. The van der Waals surface area contributed by atoms with Crippen LogP contribution < -0.4 is 5.73 Å². The Hall–Kier alpha value is -1.27. The Labute approximate surface area is 100 Å². The van der Waals surface area contributed by atoms with Crippen LogP contribution in [0.4, 0.5) is 4.39 Å². The maximum atomic E-state index is 13.7. The molecule has 0 saturated heterocycles. The Bertz CT molecular complexity index is 504. The summed E-state index contributed by atoms with van der Waals surface area (Å²) >= 11 is 3.24. The summed E-state index contributed by atoms with van der Waals surface area (Å²) in [4.78, 5) is 0. The van der Waals surface area contributed by atoms with Crippen LogP contribution in [0.25, 0.3) is 11.3 Å². The molecular formula is C10H10BrFN4. The third-order valence-electron chi connectivity index (χ3n) is 2.31. The average molecular weight is 285 g/mol. The minimum Gasteiger partial charge on any atom is -0.326 e. The van der Waals surface area contributed by atoms with Gasteiger partial charge in [-0.1, -0.05) is 11.3 Å². The third-order valence-corrected chi connectivity index (χ3v) is 2.84. The molecule has 0 aliphatic heterocycles. The van der Waals surface area contributed by atoms with Crippen molar-refractivity contribution < 1.29 is 4.39 Å². The molecule has 6 heteroatoms. The molecule has 0 unspecified atom stereocenters. The van der Waals surface area contributed by atoms with E-state index in [2.05, 4.69) is 26.2 Å². The molecule has 0 saturated carbocycles. The molecule has 2 N–H and O–H groups in total. The van der Waals surface area contributed by atoms with E-state index < -0.39 is 0 Å². The van der Waals surface area contributed by atoms with Gasteiger partial charge in [0.15, 0.2) is 4.60 Å². The fourth-order valence-electron chi connectivity index (χ4n) is 1.50. The highest BCUT2D eigenvalue weighted by molar-refractivity contribution is 9.10. The highest BCUT2D eigenvalue weighted by Gasteiger charge is 2.14. The Morgan fingerprint density at radius 3 is 2.81 bits per heavy atom. The first-order valence-corrected chi connectivity index (χ1v) is 5.47. The zero-order valence-electron chi connectivity index (χ0n) is 8.61. The molecule has 0 aliphatic rings. The van der Waals surface area contributed by atoms with Gasteiger partial charge < -0.3 is 5.73 Å². The van der Waals surface area contributed by atoms with Gasteiger partial charge in [-0.2, -0.15) is 0 Å². The van der Waals surface area contributed by atoms with E-state index in [0.717, 1.165) is 5.56 Å². The van der Waals surface area contributed by atoms with Gasteiger partial charge >= 0.3 is 0 Å². The second kappa shape index (κ2) is 4.31. The summed E-state index contributed by atoms with van der Waals surface area (Å²) in [5.74, 6) is -0.316. The molecule has 16 heavy (non-hydrogen) atoms. The quantitative estimate of drug-likeness (QED) is 0.916. The molecule has 2 aromatic rings. The highest BCUT2D eigenvalue weighted by Crippen LogP contribution is 2.28. The van der Waals surface area contributed by atoms with E-state index in [1.165, 1.54) is 10.7 Å². The predicted molar refractivity (Wildman–Crippen MR) is 62.0 cm³/mol. The molecule has 0 radical (unpaired) electrons. The van der Waals surface area contributed by atoms with E-state index in [9.17, 15) is 4.39 Å². The van der Waals surface area contributed by atoms with Gasteiger partial charge in [0.2, 0.25) is 0 Å². The van der Waals surface area contributed by atoms with Gasteiger partial charge in [-0.05, 0) is 33.6 Å². The van der Waals surface area contributed by atoms with Gasteiger partial charge in [0.25, 0.3) is 0 Å². The maximum Gasteiger partial charge on any atom is 0.156 e. The number of rotatable bonds is 2. The lowest BCUT2D eigenvalue weighted by Gasteiger charge is -2.05. The summed E-state index contributed by atoms with van der Waals surface area (Å²) in [6.45, 7) is 0.371. The monoisotopic (exact) mass is 284 g/mol. The summed E-state index contributed by atoms with van der Waals surface area (Å²) in [5.41, 5.74) is 7.44. The number of benzene rings is 1. The third kappa shape index (κ3) is 1.85. The van der Waals surface area contributed by atoms with Crippen LogP contribution in [0, 0.1) is 5.82 Å². The maximum absolute atomic E-state index is 13.7. The molecule has 0 aliphatic carbocycles. The van der Waals surface area contributed by atoms with Crippen molar-refractivity contribution in [1.82, 2.24) is 15.0 Å². The van der Waals surface area contributed by atoms with Crippen LogP contribution in [0.5, 0.6) is 0 Å².